The zero-order valence-electron chi connectivity index (χ0n) is 7.18. The van der Waals surface area contributed by atoms with Gasteiger partial charge in [-0.25, -0.2) is 0 Å². The molecule has 0 aromatic carbocycles. The minimum atomic E-state index is 0.286. The lowest BCUT2D eigenvalue weighted by molar-refractivity contribution is -0.119. The van der Waals surface area contributed by atoms with E-state index >= 15 is 0 Å². The zero-order chi connectivity index (χ0) is 8.06. The summed E-state index contributed by atoms with van der Waals surface area (Å²) in [6.07, 6.45) is 5.28. The molecule has 0 aromatic rings. The van der Waals surface area contributed by atoms with Crippen molar-refractivity contribution in [2.24, 2.45) is 11.3 Å². The van der Waals surface area contributed by atoms with Gasteiger partial charge in [0.15, 0.2) is 0 Å². The van der Waals surface area contributed by atoms with Crippen LogP contribution < -0.4 is 0 Å². The van der Waals surface area contributed by atoms with Crippen molar-refractivity contribution in [1.82, 2.24) is 0 Å². The first-order valence-corrected chi connectivity index (χ1v) is 4.30. The fourth-order valence-electron chi connectivity index (χ4n) is 2.34. The molecule has 0 amide bonds. The maximum atomic E-state index is 11.4. The van der Waals surface area contributed by atoms with Crippen molar-refractivity contribution < 1.29 is 4.79 Å². The molecule has 2 rings (SSSR count). The van der Waals surface area contributed by atoms with Gasteiger partial charge in [0.1, 0.15) is 5.78 Å². The molecule has 0 saturated heterocycles. The van der Waals surface area contributed by atoms with Gasteiger partial charge in [0.05, 0.1) is 0 Å². The molecule has 0 spiro atoms. The Morgan fingerprint density at radius 2 is 2.36 bits per heavy atom. The zero-order valence-corrected chi connectivity index (χ0v) is 7.18. The molecule has 0 heterocycles. The summed E-state index contributed by atoms with van der Waals surface area (Å²) in [4.78, 5) is 11.4. The van der Waals surface area contributed by atoms with Crippen LogP contribution >= 0.6 is 0 Å². The predicted molar refractivity (Wildman–Crippen MR) is 44.2 cm³/mol. The molecule has 1 heteroatoms. The van der Waals surface area contributed by atoms with E-state index in [0.717, 1.165) is 19.3 Å². The standard InChI is InChI=1S/C10H14O/c1-7-3-4-10(2)5-8(7)9(11)6-10/h3,8H,4-6H2,1-2H3/t8-,10-/m1/s1. The third kappa shape index (κ3) is 0.943. The lowest BCUT2D eigenvalue weighted by atomic mass is 9.79. The molecule has 0 N–H and O–H groups in total. The average molecular weight is 150 g/mol. The van der Waals surface area contributed by atoms with E-state index in [1.165, 1.54) is 5.57 Å². The van der Waals surface area contributed by atoms with E-state index in [-0.39, 0.29) is 5.92 Å². The lowest BCUT2D eigenvalue weighted by Crippen LogP contribution is -2.15. The summed E-state index contributed by atoms with van der Waals surface area (Å²) in [5.74, 6) is 0.757. The molecule has 0 radical (unpaired) electrons. The van der Waals surface area contributed by atoms with Crippen LogP contribution in [0.3, 0.4) is 0 Å². The molecule has 2 aliphatic rings. The fourth-order valence-corrected chi connectivity index (χ4v) is 2.34. The monoisotopic (exact) mass is 150 g/mol. The molecule has 0 aliphatic heterocycles. The van der Waals surface area contributed by atoms with Crippen molar-refractivity contribution in [3.63, 3.8) is 0 Å². The maximum absolute atomic E-state index is 11.4. The van der Waals surface area contributed by atoms with Crippen LogP contribution in [0.15, 0.2) is 11.6 Å². The van der Waals surface area contributed by atoms with Crippen LogP contribution in [0.2, 0.25) is 0 Å². The maximum Gasteiger partial charge on any atom is 0.140 e. The van der Waals surface area contributed by atoms with Crippen molar-refractivity contribution in [3.8, 4) is 0 Å². The average Bonchev–Trinajstić information content (AvgIpc) is 2.18. The topological polar surface area (TPSA) is 17.1 Å². The van der Waals surface area contributed by atoms with Crippen LogP contribution in [0.25, 0.3) is 0 Å². The second kappa shape index (κ2) is 1.96. The molecule has 11 heavy (non-hydrogen) atoms. The molecular formula is C10H14O. The van der Waals surface area contributed by atoms with Crippen molar-refractivity contribution in [1.29, 1.82) is 0 Å². The third-order valence-electron chi connectivity index (χ3n) is 3.15. The number of carbonyl (C=O) groups excluding carboxylic acids is 1. The number of Topliss-reactive ketones (excluding diaryl/α,β-unsaturated/α-hetero) is 1. The number of hydrogen-bond donors (Lipinski definition) is 0. The highest BCUT2D eigenvalue weighted by molar-refractivity contribution is 5.87. The minimum Gasteiger partial charge on any atom is -0.299 e. The number of hydrogen-bond acceptors (Lipinski definition) is 1. The summed E-state index contributed by atoms with van der Waals surface area (Å²) in [6.45, 7) is 4.32. The summed E-state index contributed by atoms with van der Waals surface area (Å²) >= 11 is 0. The van der Waals surface area contributed by atoms with E-state index in [1.54, 1.807) is 0 Å². The van der Waals surface area contributed by atoms with Gasteiger partial charge in [-0.15, -0.1) is 0 Å². The number of carbonyl (C=O) groups is 1. The van der Waals surface area contributed by atoms with Crippen LogP contribution in [0, 0.1) is 11.3 Å². The van der Waals surface area contributed by atoms with Gasteiger partial charge in [-0.1, -0.05) is 18.6 Å². The molecule has 0 unspecified atom stereocenters. The Hall–Kier alpha value is -0.590. The second-order valence-corrected chi connectivity index (χ2v) is 4.36. The Balaban J connectivity index is 2.37. The summed E-state index contributed by atoms with van der Waals surface area (Å²) in [6, 6.07) is 0. The number of ketones is 1. The van der Waals surface area contributed by atoms with Gasteiger partial charge in [0.2, 0.25) is 0 Å². The van der Waals surface area contributed by atoms with E-state index in [4.69, 9.17) is 0 Å². The number of rotatable bonds is 0. The van der Waals surface area contributed by atoms with Gasteiger partial charge in [-0.3, -0.25) is 4.79 Å². The van der Waals surface area contributed by atoms with Gasteiger partial charge in [-0.2, -0.15) is 0 Å². The summed E-state index contributed by atoms with van der Waals surface area (Å²) < 4.78 is 0. The van der Waals surface area contributed by atoms with Crippen molar-refractivity contribution in [2.45, 2.75) is 33.1 Å². The Kier molecular flexibility index (Phi) is 1.26. The second-order valence-electron chi connectivity index (χ2n) is 4.36. The van der Waals surface area contributed by atoms with Gasteiger partial charge in [0, 0.05) is 12.3 Å². The van der Waals surface area contributed by atoms with Gasteiger partial charge in [-0.05, 0) is 25.2 Å². The molecule has 1 saturated carbocycles. The number of allylic oxidation sites excluding steroid dienone is 2. The molecule has 1 fully saturated rings. The van der Waals surface area contributed by atoms with Crippen LogP contribution in [-0.4, -0.2) is 5.78 Å². The Bertz CT molecular complexity index is 239. The number of fused-ring (bicyclic) bond motifs is 2. The minimum absolute atomic E-state index is 0.286. The molecular weight excluding hydrogens is 136 g/mol. The summed E-state index contributed by atoms with van der Waals surface area (Å²) in [7, 11) is 0. The fraction of sp³-hybridized carbons (Fsp3) is 0.700. The third-order valence-corrected chi connectivity index (χ3v) is 3.15. The van der Waals surface area contributed by atoms with E-state index in [9.17, 15) is 4.79 Å². The molecule has 2 atom stereocenters. The first-order chi connectivity index (χ1) is 5.11. The van der Waals surface area contributed by atoms with Crippen molar-refractivity contribution in [2.75, 3.05) is 0 Å². The molecule has 60 valence electrons. The molecule has 0 aromatic heterocycles. The lowest BCUT2D eigenvalue weighted by Gasteiger charge is -2.25. The smallest absolute Gasteiger partial charge is 0.140 e. The molecule has 2 bridgehead atoms. The molecule has 1 nitrogen and oxygen atoms in total. The molecule has 2 aliphatic carbocycles. The van der Waals surface area contributed by atoms with E-state index in [2.05, 4.69) is 19.9 Å². The van der Waals surface area contributed by atoms with Crippen LogP contribution in [0.5, 0.6) is 0 Å². The normalized spacial score (nSPS) is 42.5. The largest absolute Gasteiger partial charge is 0.299 e. The van der Waals surface area contributed by atoms with E-state index in [0.29, 0.717) is 11.2 Å². The van der Waals surface area contributed by atoms with Crippen LogP contribution in [0.1, 0.15) is 33.1 Å². The first-order valence-electron chi connectivity index (χ1n) is 4.30. The Morgan fingerprint density at radius 1 is 1.64 bits per heavy atom. The Morgan fingerprint density at radius 3 is 3.00 bits per heavy atom. The van der Waals surface area contributed by atoms with E-state index < -0.39 is 0 Å². The van der Waals surface area contributed by atoms with Crippen molar-refractivity contribution >= 4 is 5.78 Å². The highest BCUT2D eigenvalue weighted by atomic mass is 16.1. The predicted octanol–water partition coefficient (Wildman–Crippen LogP) is 2.32. The summed E-state index contributed by atoms with van der Waals surface area (Å²) in [5.41, 5.74) is 1.63. The Labute approximate surface area is 67.5 Å². The highest BCUT2D eigenvalue weighted by Crippen LogP contribution is 2.48. The van der Waals surface area contributed by atoms with Crippen molar-refractivity contribution in [3.05, 3.63) is 11.6 Å². The highest BCUT2D eigenvalue weighted by Gasteiger charge is 2.43. The van der Waals surface area contributed by atoms with Gasteiger partial charge < -0.3 is 0 Å². The van der Waals surface area contributed by atoms with Gasteiger partial charge >= 0.3 is 0 Å². The van der Waals surface area contributed by atoms with Crippen LogP contribution in [-0.2, 0) is 4.79 Å². The summed E-state index contributed by atoms with van der Waals surface area (Å²) in [5, 5.41) is 0. The van der Waals surface area contributed by atoms with Crippen LogP contribution in [0.4, 0.5) is 0 Å². The van der Waals surface area contributed by atoms with Gasteiger partial charge in [0.25, 0.3) is 0 Å². The van der Waals surface area contributed by atoms with E-state index in [1.807, 2.05) is 0 Å². The first kappa shape index (κ1) is 7.08. The SMILES string of the molecule is CC1=CC[C@@]2(C)CC(=O)[C@@H]1C2. The quantitative estimate of drug-likeness (QED) is 0.484.